The van der Waals surface area contributed by atoms with Gasteiger partial charge in [-0.25, -0.2) is 4.79 Å². The van der Waals surface area contributed by atoms with Crippen molar-refractivity contribution < 1.29 is 19.4 Å². The molecule has 0 radical (unpaired) electrons. The van der Waals surface area contributed by atoms with Crippen molar-refractivity contribution in [3.63, 3.8) is 0 Å². The number of anilines is 1. The van der Waals surface area contributed by atoms with Crippen molar-refractivity contribution in [1.82, 2.24) is 0 Å². The maximum absolute atomic E-state index is 12.2. The summed E-state index contributed by atoms with van der Waals surface area (Å²) in [5.41, 5.74) is 1.01. The van der Waals surface area contributed by atoms with Gasteiger partial charge < -0.3 is 9.84 Å². The minimum atomic E-state index is -1.19. The maximum atomic E-state index is 12.2. The molecule has 0 atom stereocenters. The minimum absolute atomic E-state index is 0.0288. The van der Waals surface area contributed by atoms with E-state index in [1.54, 1.807) is 12.1 Å². The van der Waals surface area contributed by atoms with Gasteiger partial charge in [-0.3, -0.25) is 9.69 Å². The Balaban J connectivity index is 2.17. The molecular weight excluding hydrogens is 341 g/mol. The van der Waals surface area contributed by atoms with Crippen LogP contribution < -0.4 is 4.90 Å². The molecule has 0 unspecified atom stereocenters. The van der Waals surface area contributed by atoms with Crippen molar-refractivity contribution in [2.75, 3.05) is 11.4 Å². The smallest absolute Gasteiger partial charge is 0.415 e. The fourth-order valence-electron chi connectivity index (χ4n) is 1.88. The quantitative estimate of drug-likeness (QED) is 0.873. The molecule has 0 aliphatic carbocycles. The largest absolute Gasteiger partial charge is 0.480 e. The van der Waals surface area contributed by atoms with Crippen LogP contribution in [0.4, 0.5) is 10.5 Å². The van der Waals surface area contributed by atoms with E-state index < -0.39 is 18.6 Å². The average molecular weight is 354 g/mol. The Morgan fingerprint density at radius 2 is 1.78 bits per heavy atom. The third-order valence-corrected chi connectivity index (χ3v) is 3.46. The topological polar surface area (TPSA) is 66.8 Å². The summed E-state index contributed by atoms with van der Waals surface area (Å²) in [6.45, 7) is -0.546. The van der Waals surface area contributed by atoms with Gasteiger partial charge in [0.2, 0.25) is 0 Å². The lowest BCUT2D eigenvalue weighted by Crippen LogP contribution is -2.36. The Morgan fingerprint density at radius 3 is 2.39 bits per heavy atom. The standard InChI is InChI=1S/C16H13Cl2NO4/c17-12-6-7-14(13(18)8-12)19(9-15(20)21)16(22)23-10-11-4-2-1-3-5-11/h1-8H,9-10H2,(H,20,21). The van der Waals surface area contributed by atoms with Gasteiger partial charge in [-0.2, -0.15) is 0 Å². The molecule has 2 aromatic rings. The number of amides is 1. The summed E-state index contributed by atoms with van der Waals surface area (Å²) in [6, 6.07) is 13.5. The van der Waals surface area contributed by atoms with Gasteiger partial charge in [0.1, 0.15) is 13.2 Å². The van der Waals surface area contributed by atoms with Crippen molar-refractivity contribution in [2.24, 2.45) is 0 Å². The van der Waals surface area contributed by atoms with Crippen molar-refractivity contribution in [2.45, 2.75) is 6.61 Å². The first-order chi connectivity index (χ1) is 11.0. The number of hydrogen-bond acceptors (Lipinski definition) is 3. The van der Waals surface area contributed by atoms with Crippen molar-refractivity contribution >= 4 is 41.0 Å². The second kappa shape index (κ2) is 7.85. The zero-order chi connectivity index (χ0) is 16.8. The van der Waals surface area contributed by atoms with Crippen LogP contribution in [0, 0.1) is 0 Å². The number of carbonyl (C=O) groups is 2. The van der Waals surface area contributed by atoms with Crippen LogP contribution in [-0.4, -0.2) is 23.7 Å². The van der Waals surface area contributed by atoms with E-state index in [4.69, 9.17) is 33.0 Å². The number of ether oxygens (including phenoxy) is 1. The molecule has 2 rings (SSSR count). The number of halogens is 2. The number of carbonyl (C=O) groups excluding carboxylic acids is 1. The van der Waals surface area contributed by atoms with Crippen molar-refractivity contribution in [1.29, 1.82) is 0 Å². The van der Waals surface area contributed by atoms with Crippen LogP contribution in [0.25, 0.3) is 0 Å². The van der Waals surface area contributed by atoms with Crippen molar-refractivity contribution in [3.8, 4) is 0 Å². The van der Waals surface area contributed by atoms with E-state index in [0.717, 1.165) is 10.5 Å². The lowest BCUT2D eigenvalue weighted by molar-refractivity contribution is -0.135. The van der Waals surface area contributed by atoms with Gasteiger partial charge in [0.05, 0.1) is 10.7 Å². The third-order valence-electron chi connectivity index (χ3n) is 2.92. The van der Waals surface area contributed by atoms with E-state index in [9.17, 15) is 9.59 Å². The van der Waals surface area contributed by atoms with Gasteiger partial charge in [0.15, 0.2) is 0 Å². The number of benzene rings is 2. The number of carboxylic acid groups (broad SMARTS) is 1. The molecule has 0 aromatic heterocycles. The van der Waals surface area contributed by atoms with Crippen LogP contribution in [0.15, 0.2) is 48.5 Å². The highest BCUT2D eigenvalue weighted by molar-refractivity contribution is 6.36. The third kappa shape index (κ3) is 4.87. The fourth-order valence-corrected chi connectivity index (χ4v) is 2.39. The molecule has 2 aromatic carbocycles. The maximum Gasteiger partial charge on any atom is 0.415 e. The molecule has 0 heterocycles. The summed E-state index contributed by atoms with van der Waals surface area (Å²) < 4.78 is 5.16. The van der Waals surface area contributed by atoms with E-state index >= 15 is 0 Å². The first-order valence-corrected chi connectivity index (χ1v) is 7.38. The zero-order valence-corrected chi connectivity index (χ0v) is 13.4. The zero-order valence-electron chi connectivity index (χ0n) is 11.9. The minimum Gasteiger partial charge on any atom is -0.480 e. The lowest BCUT2D eigenvalue weighted by Gasteiger charge is -2.21. The van der Waals surface area contributed by atoms with Gasteiger partial charge >= 0.3 is 12.1 Å². The Bertz CT molecular complexity index is 706. The van der Waals surface area contributed by atoms with Crippen LogP contribution in [-0.2, 0) is 16.1 Å². The highest BCUT2D eigenvalue weighted by atomic mass is 35.5. The Labute approximate surface area is 143 Å². The number of nitrogens with zero attached hydrogens (tertiary/aromatic N) is 1. The Hall–Kier alpha value is -2.24. The molecule has 0 spiro atoms. The molecule has 1 N–H and O–H groups in total. The molecule has 23 heavy (non-hydrogen) atoms. The first kappa shape index (κ1) is 17.1. The molecule has 120 valence electrons. The molecule has 7 heteroatoms. The molecule has 5 nitrogen and oxygen atoms in total. The highest BCUT2D eigenvalue weighted by Gasteiger charge is 2.22. The van der Waals surface area contributed by atoms with Crippen LogP contribution >= 0.6 is 23.2 Å². The SMILES string of the molecule is O=C(O)CN(C(=O)OCc1ccccc1)c1ccc(Cl)cc1Cl. The van der Waals surface area contributed by atoms with E-state index in [-0.39, 0.29) is 17.3 Å². The Morgan fingerprint density at radius 1 is 1.09 bits per heavy atom. The second-order valence-corrected chi connectivity index (χ2v) is 5.46. The molecule has 1 amide bonds. The molecule has 0 saturated heterocycles. The summed E-state index contributed by atoms with van der Waals surface area (Å²) in [4.78, 5) is 24.2. The average Bonchev–Trinajstić information content (AvgIpc) is 2.51. The summed E-state index contributed by atoms with van der Waals surface area (Å²) in [5, 5.41) is 9.55. The van der Waals surface area contributed by atoms with Gasteiger partial charge in [-0.15, -0.1) is 0 Å². The number of carboxylic acids is 1. The van der Waals surface area contributed by atoms with Gasteiger partial charge in [0.25, 0.3) is 0 Å². The van der Waals surface area contributed by atoms with E-state index in [1.807, 2.05) is 18.2 Å². The molecule has 0 saturated carbocycles. The van der Waals surface area contributed by atoms with Crippen LogP contribution in [0.2, 0.25) is 10.0 Å². The molecule has 0 aliphatic rings. The fraction of sp³-hybridized carbons (Fsp3) is 0.125. The van der Waals surface area contributed by atoms with E-state index in [1.165, 1.54) is 18.2 Å². The summed E-state index contributed by atoms with van der Waals surface area (Å²) >= 11 is 11.9. The summed E-state index contributed by atoms with van der Waals surface area (Å²) in [7, 11) is 0. The van der Waals surface area contributed by atoms with Crippen LogP contribution in [0.5, 0.6) is 0 Å². The van der Waals surface area contributed by atoms with Crippen LogP contribution in [0.1, 0.15) is 5.56 Å². The first-order valence-electron chi connectivity index (χ1n) is 6.62. The molecular formula is C16H13Cl2NO4. The van der Waals surface area contributed by atoms with E-state index in [0.29, 0.717) is 5.02 Å². The second-order valence-electron chi connectivity index (χ2n) is 4.62. The predicted molar refractivity (Wildman–Crippen MR) is 88.1 cm³/mol. The number of rotatable bonds is 5. The monoisotopic (exact) mass is 353 g/mol. The molecule has 0 bridgehead atoms. The number of aliphatic carboxylic acids is 1. The van der Waals surface area contributed by atoms with Crippen molar-refractivity contribution in [3.05, 3.63) is 64.1 Å². The Kier molecular flexibility index (Phi) is 5.84. The lowest BCUT2D eigenvalue weighted by atomic mass is 10.2. The molecule has 0 aliphatic heterocycles. The van der Waals surface area contributed by atoms with Crippen LogP contribution in [0.3, 0.4) is 0 Å². The molecule has 0 fully saturated rings. The predicted octanol–water partition coefficient (Wildman–Crippen LogP) is 4.22. The summed E-state index contributed by atoms with van der Waals surface area (Å²) in [6.07, 6.45) is -0.805. The van der Waals surface area contributed by atoms with Gasteiger partial charge in [-0.05, 0) is 23.8 Å². The number of hydrogen-bond donors (Lipinski definition) is 1. The summed E-state index contributed by atoms with van der Waals surface area (Å²) in [5.74, 6) is -1.19. The van der Waals surface area contributed by atoms with E-state index in [2.05, 4.69) is 0 Å². The normalized spacial score (nSPS) is 10.2. The van der Waals surface area contributed by atoms with Gasteiger partial charge in [0, 0.05) is 5.02 Å². The highest BCUT2D eigenvalue weighted by Crippen LogP contribution is 2.29. The van der Waals surface area contributed by atoms with Gasteiger partial charge in [-0.1, -0.05) is 53.5 Å².